The van der Waals surface area contributed by atoms with Crippen LogP contribution in [0.15, 0.2) is 25.1 Å². The molecule has 2 unspecified atom stereocenters. The molecular formula is C9H15NO3. The minimum atomic E-state index is -0.700. The second kappa shape index (κ2) is 3.81. The Labute approximate surface area is 78.0 Å². The fourth-order valence-electron chi connectivity index (χ4n) is 1.34. The van der Waals surface area contributed by atoms with Crippen molar-refractivity contribution in [2.45, 2.75) is 24.9 Å². The fourth-order valence-corrected chi connectivity index (χ4v) is 1.34. The highest BCUT2D eigenvalue weighted by molar-refractivity contribution is 4.97. The maximum Gasteiger partial charge on any atom is 0.222 e. The van der Waals surface area contributed by atoms with Gasteiger partial charge in [-0.15, -0.1) is 0 Å². The van der Waals surface area contributed by atoms with Crippen LogP contribution in [0.4, 0.5) is 0 Å². The minimum absolute atomic E-state index is 0.209. The number of nitrogens with two attached hydrogens (primary N) is 1. The number of hydrogen-bond acceptors (Lipinski definition) is 4. The third-order valence-corrected chi connectivity index (χ3v) is 1.88. The Morgan fingerprint density at radius 3 is 2.85 bits per heavy atom. The summed E-state index contributed by atoms with van der Waals surface area (Å²) in [6, 6.07) is 0. The van der Waals surface area contributed by atoms with Crippen LogP contribution in [0.25, 0.3) is 0 Å². The van der Waals surface area contributed by atoms with Crippen molar-refractivity contribution in [1.29, 1.82) is 0 Å². The van der Waals surface area contributed by atoms with Gasteiger partial charge in [0.05, 0.1) is 19.1 Å². The van der Waals surface area contributed by atoms with Crippen LogP contribution in [0.1, 0.15) is 12.8 Å². The van der Waals surface area contributed by atoms with Crippen LogP contribution < -0.4 is 5.73 Å². The molecule has 0 saturated carbocycles. The van der Waals surface area contributed by atoms with Crippen molar-refractivity contribution < 1.29 is 14.2 Å². The van der Waals surface area contributed by atoms with Crippen molar-refractivity contribution in [2.24, 2.45) is 5.73 Å². The third kappa shape index (κ3) is 2.23. The molecule has 0 radical (unpaired) electrons. The zero-order valence-electron chi connectivity index (χ0n) is 7.79. The lowest BCUT2D eigenvalue weighted by atomic mass is 10.0. The first kappa shape index (κ1) is 10.1. The molecule has 0 amide bonds. The van der Waals surface area contributed by atoms with Gasteiger partial charge in [0.15, 0.2) is 6.29 Å². The van der Waals surface area contributed by atoms with Crippen molar-refractivity contribution in [2.75, 3.05) is 7.11 Å². The topological polar surface area (TPSA) is 53.7 Å². The summed E-state index contributed by atoms with van der Waals surface area (Å²) in [6.45, 7) is 7.07. The smallest absolute Gasteiger partial charge is 0.222 e. The molecule has 2 N–H and O–H groups in total. The Kier molecular flexibility index (Phi) is 2.95. The van der Waals surface area contributed by atoms with Gasteiger partial charge in [-0.1, -0.05) is 13.2 Å². The van der Waals surface area contributed by atoms with E-state index in [2.05, 4.69) is 13.2 Å². The number of ether oxygens (including phenoxy) is 3. The molecule has 0 aromatic carbocycles. The summed E-state index contributed by atoms with van der Waals surface area (Å²) in [5, 5.41) is 0. The average molecular weight is 185 g/mol. The van der Waals surface area contributed by atoms with Crippen LogP contribution in [0.3, 0.4) is 0 Å². The average Bonchev–Trinajstić information content (AvgIpc) is 1.98. The van der Waals surface area contributed by atoms with E-state index < -0.39 is 5.79 Å². The second-order valence-corrected chi connectivity index (χ2v) is 3.02. The molecule has 4 heteroatoms. The van der Waals surface area contributed by atoms with Crippen molar-refractivity contribution in [3.8, 4) is 0 Å². The summed E-state index contributed by atoms with van der Waals surface area (Å²) in [7, 11) is 1.58. The molecule has 0 spiro atoms. The maximum atomic E-state index is 5.48. The summed E-state index contributed by atoms with van der Waals surface area (Å²) in [5.74, 6) is -0.700. The molecule has 2 atom stereocenters. The largest absolute Gasteiger partial charge is 0.470 e. The van der Waals surface area contributed by atoms with Gasteiger partial charge >= 0.3 is 0 Å². The highest BCUT2D eigenvalue weighted by atomic mass is 16.8. The van der Waals surface area contributed by atoms with Crippen LogP contribution in [-0.2, 0) is 14.2 Å². The quantitative estimate of drug-likeness (QED) is 0.651. The predicted octanol–water partition coefficient (Wildman–Crippen LogP) is 1.10. The van der Waals surface area contributed by atoms with Gasteiger partial charge in [0, 0.05) is 12.8 Å². The van der Waals surface area contributed by atoms with Crippen molar-refractivity contribution >= 4 is 0 Å². The van der Waals surface area contributed by atoms with Crippen molar-refractivity contribution in [1.82, 2.24) is 0 Å². The van der Waals surface area contributed by atoms with Gasteiger partial charge in [-0.05, 0) is 0 Å². The Morgan fingerprint density at radius 1 is 1.85 bits per heavy atom. The molecule has 0 aromatic rings. The van der Waals surface area contributed by atoms with E-state index in [1.165, 1.54) is 6.26 Å². The van der Waals surface area contributed by atoms with Crippen LogP contribution >= 0.6 is 0 Å². The monoisotopic (exact) mass is 185 g/mol. The summed E-state index contributed by atoms with van der Waals surface area (Å²) < 4.78 is 15.6. The van der Waals surface area contributed by atoms with E-state index >= 15 is 0 Å². The molecule has 0 bridgehead atoms. The zero-order valence-corrected chi connectivity index (χ0v) is 7.79. The standard InChI is InChI=1S/C9H15NO3/c1-4-12-9(5-7(2)10)6-8(11-3)13-9/h4,8H,1-2,5-6,10H2,3H3. The SMILES string of the molecule is C=COC1(CC(=C)N)CC(OC)O1. The first-order valence-electron chi connectivity index (χ1n) is 4.04. The number of rotatable bonds is 5. The molecule has 1 aliphatic heterocycles. The number of hydrogen-bond donors (Lipinski definition) is 1. The summed E-state index contributed by atoms with van der Waals surface area (Å²) in [6.07, 6.45) is 2.23. The van der Waals surface area contributed by atoms with E-state index in [1.807, 2.05) is 0 Å². The molecule has 13 heavy (non-hydrogen) atoms. The van der Waals surface area contributed by atoms with Gasteiger partial charge in [-0.2, -0.15) is 0 Å². The highest BCUT2D eigenvalue weighted by Crippen LogP contribution is 2.38. The van der Waals surface area contributed by atoms with Crippen LogP contribution in [-0.4, -0.2) is 19.2 Å². The molecule has 1 aliphatic rings. The Hall–Kier alpha value is -1.00. The van der Waals surface area contributed by atoms with Crippen LogP contribution in [0.2, 0.25) is 0 Å². The van der Waals surface area contributed by atoms with Gasteiger partial charge in [0.1, 0.15) is 0 Å². The first-order chi connectivity index (χ1) is 6.12. The zero-order chi connectivity index (χ0) is 9.90. The molecule has 1 heterocycles. The van der Waals surface area contributed by atoms with Crippen LogP contribution in [0, 0.1) is 0 Å². The summed E-state index contributed by atoms with van der Waals surface area (Å²) in [5.41, 5.74) is 6.00. The minimum Gasteiger partial charge on any atom is -0.470 e. The molecule has 1 saturated heterocycles. The molecule has 1 fully saturated rings. The van der Waals surface area contributed by atoms with Gasteiger partial charge in [-0.3, -0.25) is 0 Å². The molecule has 4 nitrogen and oxygen atoms in total. The van der Waals surface area contributed by atoms with E-state index in [0.717, 1.165) is 0 Å². The maximum absolute atomic E-state index is 5.48. The van der Waals surface area contributed by atoms with Gasteiger partial charge < -0.3 is 19.9 Å². The van der Waals surface area contributed by atoms with Gasteiger partial charge in [-0.25, -0.2) is 0 Å². The lowest BCUT2D eigenvalue weighted by molar-refractivity contribution is -0.381. The predicted molar refractivity (Wildman–Crippen MR) is 48.5 cm³/mol. The van der Waals surface area contributed by atoms with Crippen molar-refractivity contribution in [3.05, 3.63) is 25.1 Å². The molecule has 0 aliphatic carbocycles. The van der Waals surface area contributed by atoms with Gasteiger partial charge in [0.25, 0.3) is 0 Å². The molecular weight excluding hydrogens is 170 g/mol. The Bertz CT molecular complexity index is 209. The third-order valence-electron chi connectivity index (χ3n) is 1.88. The Balaban J connectivity index is 2.48. The molecule has 1 rings (SSSR count). The highest BCUT2D eigenvalue weighted by Gasteiger charge is 2.47. The van der Waals surface area contributed by atoms with E-state index in [1.54, 1.807) is 7.11 Å². The molecule has 0 aromatic heterocycles. The van der Waals surface area contributed by atoms with Crippen LogP contribution in [0.5, 0.6) is 0 Å². The van der Waals surface area contributed by atoms with E-state index in [-0.39, 0.29) is 6.29 Å². The number of methoxy groups -OCH3 is 1. The molecule has 74 valence electrons. The van der Waals surface area contributed by atoms with E-state index in [9.17, 15) is 0 Å². The lowest BCUT2D eigenvalue weighted by Gasteiger charge is -2.45. The summed E-state index contributed by atoms with van der Waals surface area (Å²) >= 11 is 0. The van der Waals surface area contributed by atoms with E-state index in [0.29, 0.717) is 18.5 Å². The Morgan fingerprint density at radius 2 is 2.46 bits per heavy atom. The van der Waals surface area contributed by atoms with Crippen molar-refractivity contribution in [3.63, 3.8) is 0 Å². The first-order valence-corrected chi connectivity index (χ1v) is 4.04. The summed E-state index contributed by atoms with van der Waals surface area (Å²) in [4.78, 5) is 0. The second-order valence-electron chi connectivity index (χ2n) is 3.02. The fraction of sp³-hybridized carbons (Fsp3) is 0.556. The van der Waals surface area contributed by atoms with E-state index in [4.69, 9.17) is 19.9 Å². The van der Waals surface area contributed by atoms with Gasteiger partial charge in [0.2, 0.25) is 5.79 Å². The normalized spacial score (nSPS) is 31.9. The lowest BCUT2D eigenvalue weighted by Crippen LogP contribution is -2.52.